The molecule has 0 saturated heterocycles. The lowest BCUT2D eigenvalue weighted by molar-refractivity contribution is -0.177. The van der Waals surface area contributed by atoms with Crippen LogP contribution in [-0.2, 0) is 9.53 Å². The lowest BCUT2D eigenvalue weighted by atomic mass is 9.95. The summed E-state index contributed by atoms with van der Waals surface area (Å²) in [7, 11) is 0. The van der Waals surface area contributed by atoms with Crippen molar-refractivity contribution in [3.8, 4) is 0 Å². The van der Waals surface area contributed by atoms with Crippen molar-refractivity contribution in [2.75, 3.05) is 6.61 Å². The first kappa shape index (κ1) is 11.4. The Bertz CT molecular complexity index is 155. The fourth-order valence-electron chi connectivity index (χ4n) is 0.866. The van der Waals surface area contributed by atoms with Gasteiger partial charge >= 0.3 is 5.97 Å². The van der Waals surface area contributed by atoms with Crippen LogP contribution in [0.15, 0.2) is 0 Å². The van der Waals surface area contributed by atoms with E-state index in [0.717, 1.165) is 0 Å². The average molecular weight is 176 g/mol. The number of esters is 1. The molecule has 0 bridgehead atoms. The van der Waals surface area contributed by atoms with E-state index in [1.807, 2.05) is 0 Å². The van der Waals surface area contributed by atoms with Gasteiger partial charge in [0.15, 0.2) is 5.60 Å². The SMILES string of the molecule is CCOC(=O)[C@](O)(CC)[C@H](C)O. The van der Waals surface area contributed by atoms with Gasteiger partial charge in [-0.2, -0.15) is 0 Å². The van der Waals surface area contributed by atoms with Crippen LogP contribution < -0.4 is 0 Å². The number of rotatable bonds is 4. The summed E-state index contributed by atoms with van der Waals surface area (Å²) >= 11 is 0. The molecule has 0 heterocycles. The molecule has 4 heteroatoms. The summed E-state index contributed by atoms with van der Waals surface area (Å²) in [6.45, 7) is 4.83. The predicted octanol–water partition coefficient (Wildman–Crippen LogP) is 0.0714. The van der Waals surface area contributed by atoms with Crippen LogP contribution in [0.3, 0.4) is 0 Å². The molecule has 0 aliphatic heterocycles. The van der Waals surface area contributed by atoms with E-state index in [1.165, 1.54) is 6.92 Å². The van der Waals surface area contributed by atoms with Crippen LogP contribution in [-0.4, -0.2) is 34.5 Å². The highest BCUT2D eigenvalue weighted by Crippen LogP contribution is 2.17. The third-order valence-corrected chi connectivity index (χ3v) is 1.86. The maximum atomic E-state index is 11.1. The molecule has 0 aromatic heterocycles. The Morgan fingerprint density at radius 2 is 2.08 bits per heavy atom. The molecule has 2 N–H and O–H groups in total. The molecule has 0 aliphatic carbocycles. The number of ether oxygens (including phenoxy) is 1. The molecule has 0 amide bonds. The van der Waals surface area contributed by atoms with Gasteiger partial charge in [0.1, 0.15) is 0 Å². The molecule has 4 nitrogen and oxygen atoms in total. The smallest absolute Gasteiger partial charge is 0.340 e. The first-order valence-electron chi connectivity index (χ1n) is 4.06. The van der Waals surface area contributed by atoms with Crippen LogP contribution in [0.2, 0.25) is 0 Å². The van der Waals surface area contributed by atoms with Crippen molar-refractivity contribution >= 4 is 5.97 Å². The first-order valence-corrected chi connectivity index (χ1v) is 4.06. The molecule has 0 aromatic rings. The molecule has 0 spiro atoms. The highest BCUT2D eigenvalue weighted by molar-refractivity contribution is 5.79. The zero-order valence-corrected chi connectivity index (χ0v) is 7.70. The quantitative estimate of drug-likeness (QED) is 0.595. The van der Waals surface area contributed by atoms with Gasteiger partial charge in [-0.3, -0.25) is 0 Å². The van der Waals surface area contributed by atoms with E-state index in [-0.39, 0.29) is 13.0 Å². The molecule has 0 saturated carbocycles. The van der Waals surface area contributed by atoms with Gasteiger partial charge in [-0.05, 0) is 20.3 Å². The van der Waals surface area contributed by atoms with Crippen LogP contribution in [0.1, 0.15) is 27.2 Å². The number of hydrogen-bond acceptors (Lipinski definition) is 4. The van der Waals surface area contributed by atoms with E-state index in [2.05, 4.69) is 4.74 Å². The highest BCUT2D eigenvalue weighted by atomic mass is 16.6. The Morgan fingerprint density at radius 3 is 2.33 bits per heavy atom. The molecule has 0 aromatic carbocycles. The Morgan fingerprint density at radius 1 is 1.58 bits per heavy atom. The van der Waals surface area contributed by atoms with E-state index < -0.39 is 17.7 Å². The summed E-state index contributed by atoms with van der Waals surface area (Å²) in [5.41, 5.74) is -1.75. The Hall–Kier alpha value is -0.610. The standard InChI is InChI=1S/C8H16O4/c1-4-8(11,6(3)9)7(10)12-5-2/h6,9,11H,4-5H2,1-3H3/t6-,8-/m0/s1. The minimum Gasteiger partial charge on any atom is -0.464 e. The number of carbonyl (C=O) groups excluding carboxylic acids is 1. The number of carbonyl (C=O) groups is 1. The summed E-state index contributed by atoms with van der Waals surface area (Å²) in [5.74, 6) is -0.762. The molecule has 0 radical (unpaired) electrons. The van der Waals surface area contributed by atoms with E-state index in [4.69, 9.17) is 5.11 Å². The molecule has 0 fully saturated rings. The van der Waals surface area contributed by atoms with Crippen LogP contribution >= 0.6 is 0 Å². The van der Waals surface area contributed by atoms with Gasteiger partial charge < -0.3 is 14.9 Å². The van der Waals surface area contributed by atoms with Crippen molar-refractivity contribution in [1.29, 1.82) is 0 Å². The van der Waals surface area contributed by atoms with E-state index in [0.29, 0.717) is 0 Å². The van der Waals surface area contributed by atoms with Crippen LogP contribution in [0.4, 0.5) is 0 Å². The molecule has 72 valence electrons. The van der Waals surface area contributed by atoms with Crippen molar-refractivity contribution in [1.82, 2.24) is 0 Å². The normalized spacial score (nSPS) is 18.1. The molecular formula is C8H16O4. The minimum atomic E-state index is -1.75. The fraction of sp³-hybridized carbons (Fsp3) is 0.875. The van der Waals surface area contributed by atoms with Gasteiger partial charge in [0.2, 0.25) is 0 Å². The van der Waals surface area contributed by atoms with Gasteiger partial charge in [-0.25, -0.2) is 4.79 Å². The maximum Gasteiger partial charge on any atom is 0.340 e. The Balaban J connectivity index is 4.40. The summed E-state index contributed by atoms with van der Waals surface area (Å²) in [4.78, 5) is 11.1. The van der Waals surface area contributed by atoms with Gasteiger partial charge in [-0.1, -0.05) is 6.92 Å². The van der Waals surface area contributed by atoms with Gasteiger partial charge in [0, 0.05) is 0 Å². The summed E-state index contributed by atoms with van der Waals surface area (Å²) in [6.07, 6.45) is -0.967. The van der Waals surface area contributed by atoms with Crippen molar-refractivity contribution in [3.63, 3.8) is 0 Å². The van der Waals surface area contributed by atoms with Crippen molar-refractivity contribution < 1.29 is 19.7 Å². The van der Waals surface area contributed by atoms with Crippen LogP contribution in [0, 0.1) is 0 Å². The first-order chi connectivity index (χ1) is 5.49. The van der Waals surface area contributed by atoms with E-state index in [1.54, 1.807) is 13.8 Å². The Labute approximate surface area is 72.2 Å². The highest BCUT2D eigenvalue weighted by Gasteiger charge is 2.40. The fourth-order valence-corrected chi connectivity index (χ4v) is 0.866. The maximum absolute atomic E-state index is 11.1. The largest absolute Gasteiger partial charge is 0.464 e. The lowest BCUT2D eigenvalue weighted by Crippen LogP contribution is -2.48. The monoisotopic (exact) mass is 176 g/mol. The second-order valence-electron chi connectivity index (χ2n) is 2.67. The van der Waals surface area contributed by atoms with Gasteiger partial charge in [0.25, 0.3) is 0 Å². The Kier molecular flexibility index (Phi) is 4.20. The van der Waals surface area contributed by atoms with Crippen molar-refractivity contribution in [2.45, 2.75) is 38.9 Å². The molecule has 0 aliphatic rings. The third kappa shape index (κ3) is 2.19. The zero-order chi connectivity index (χ0) is 9.78. The third-order valence-electron chi connectivity index (χ3n) is 1.86. The van der Waals surface area contributed by atoms with Gasteiger partial charge in [0.05, 0.1) is 12.7 Å². The lowest BCUT2D eigenvalue weighted by Gasteiger charge is -2.26. The number of aliphatic hydroxyl groups excluding tert-OH is 1. The molecule has 0 rings (SSSR count). The minimum absolute atomic E-state index is 0.142. The summed E-state index contributed by atoms with van der Waals surface area (Å²) < 4.78 is 4.61. The van der Waals surface area contributed by atoms with Gasteiger partial charge in [-0.15, -0.1) is 0 Å². The molecule has 12 heavy (non-hydrogen) atoms. The topological polar surface area (TPSA) is 66.8 Å². The average Bonchev–Trinajstić information content (AvgIpc) is 2.03. The zero-order valence-electron chi connectivity index (χ0n) is 7.70. The number of aliphatic hydroxyl groups is 2. The molecule has 2 atom stereocenters. The second-order valence-corrected chi connectivity index (χ2v) is 2.67. The predicted molar refractivity (Wildman–Crippen MR) is 43.6 cm³/mol. The van der Waals surface area contributed by atoms with Crippen LogP contribution in [0.25, 0.3) is 0 Å². The van der Waals surface area contributed by atoms with Crippen molar-refractivity contribution in [2.24, 2.45) is 0 Å². The van der Waals surface area contributed by atoms with E-state index in [9.17, 15) is 9.90 Å². The molecule has 0 unspecified atom stereocenters. The second kappa shape index (κ2) is 4.42. The van der Waals surface area contributed by atoms with Crippen LogP contribution in [0.5, 0.6) is 0 Å². The number of hydrogen-bond donors (Lipinski definition) is 2. The van der Waals surface area contributed by atoms with Crippen molar-refractivity contribution in [3.05, 3.63) is 0 Å². The summed E-state index contributed by atoms with van der Waals surface area (Å²) in [5, 5.41) is 18.7. The summed E-state index contributed by atoms with van der Waals surface area (Å²) in [6, 6.07) is 0. The van der Waals surface area contributed by atoms with E-state index >= 15 is 0 Å². The molecular weight excluding hydrogens is 160 g/mol.